The number of fused-ring (bicyclic) bond motifs is 5. The number of aliphatic hydroxyl groups is 1. The fraction of sp³-hybridized carbons (Fsp3) is 0.438. The summed E-state index contributed by atoms with van der Waals surface area (Å²) in [6.07, 6.45) is 2.73. The molecule has 5 rings (SSSR count). The van der Waals surface area contributed by atoms with Gasteiger partial charge in [0.05, 0.1) is 6.10 Å². The molecule has 0 radical (unpaired) electrons. The number of benzene rings is 3. The molecule has 1 N–H and O–H groups in total. The zero-order valence-corrected chi connectivity index (χ0v) is 21.6. The lowest BCUT2D eigenvalue weighted by atomic mass is 9.84. The monoisotopic (exact) mass is 486 g/mol. The summed E-state index contributed by atoms with van der Waals surface area (Å²) in [5.41, 5.74) is 6.38. The van der Waals surface area contributed by atoms with Crippen LogP contribution < -0.4 is 0 Å². The third-order valence-corrected chi connectivity index (χ3v) is 8.43. The van der Waals surface area contributed by atoms with Crippen molar-refractivity contribution in [2.75, 3.05) is 39.8 Å². The highest BCUT2D eigenvalue weighted by Gasteiger charge is 2.40. The van der Waals surface area contributed by atoms with E-state index in [0.717, 1.165) is 51.0 Å². The topological polar surface area (TPSA) is 26.7 Å². The molecule has 1 fully saturated rings. The molecule has 0 saturated heterocycles. The second-order valence-corrected chi connectivity index (χ2v) is 10.9. The molecule has 190 valence electrons. The Morgan fingerprint density at radius 1 is 0.889 bits per heavy atom. The summed E-state index contributed by atoms with van der Waals surface area (Å²) < 4.78 is 14.3. The van der Waals surface area contributed by atoms with Gasteiger partial charge >= 0.3 is 0 Å². The van der Waals surface area contributed by atoms with Crippen LogP contribution in [0.4, 0.5) is 4.39 Å². The molecule has 3 aromatic carbocycles. The van der Waals surface area contributed by atoms with E-state index in [4.69, 9.17) is 0 Å². The van der Waals surface area contributed by atoms with Crippen molar-refractivity contribution in [2.45, 2.75) is 44.1 Å². The van der Waals surface area contributed by atoms with Crippen molar-refractivity contribution < 1.29 is 9.50 Å². The van der Waals surface area contributed by atoms with Gasteiger partial charge in [-0.3, -0.25) is 0 Å². The van der Waals surface area contributed by atoms with Crippen LogP contribution in [0.2, 0.25) is 0 Å². The molecule has 0 aromatic heterocycles. The number of halogens is 1. The molecule has 3 aromatic rings. The number of nitrogens with zero attached hydrogens (tertiary/aromatic N) is 2. The van der Waals surface area contributed by atoms with Crippen LogP contribution in [0.3, 0.4) is 0 Å². The number of aliphatic hydroxyl groups excluding tert-OH is 1. The zero-order chi connectivity index (χ0) is 25.1. The van der Waals surface area contributed by atoms with E-state index in [2.05, 4.69) is 48.0 Å². The van der Waals surface area contributed by atoms with Gasteiger partial charge in [-0.25, -0.2) is 4.39 Å². The van der Waals surface area contributed by atoms with Crippen LogP contribution in [0.5, 0.6) is 0 Å². The highest BCUT2D eigenvalue weighted by molar-refractivity contribution is 5.46. The Balaban J connectivity index is 1.23. The number of hydrogen-bond donors (Lipinski definition) is 1. The van der Waals surface area contributed by atoms with Crippen molar-refractivity contribution in [3.63, 3.8) is 0 Å². The maximum Gasteiger partial charge on any atom is 0.123 e. The highest BCUT2D eigenvalue weighted by Crippen LogP contribution is 2.52. The Kier molecular flexibility index (Phi) is 7.85. The van der Waals surface area contributed by atoms with Crippen molar-refractivity contribution in [1.82, 2.24) is 9.80 Å². The summed E-state index contributed by atoms with van der Waals surface area (Å²) in [5, 5.41) is 10.6. The molecule has 2 aliphatic carbocycles. The summed E-state index contributed by atoms with van der Waals surface area (Å²) >= 11 is 0. The van der Waals surface area contributed by atoms with E-state index in [9.17, 15) is 9.50 Å². The van der Waals surface area contributed by atoms with Crippen LogP contribution >= 0.6 is 0 Å². The number of rotatable bonds is 9. The van der Waals surface area contributed by atoms with Crippen LogP contribution in [-0.4, -0.2) is 54.7 Å². The molecule has 0 spiro atoms. The standard InChI is InChI=1S/C32H39FN2O/c1-3-35(16-15-34(2)22-32(36)24-9-5-4-6-10-24)21-23-17-30-28-12-8-7-11-25(28)19-26-13-14-27(33)20-29(26)31(30)18-23/h4-14,20,23,30-32,36H,3,15-19,21-22H2,1-2H3. The second kappa shape index (κ2) is 11.2. The third kappa shape index (κ3) is 5.56. The first-order valence-corrected chi connectivity index (χ1v) is 13.5. The molecule has 4 atom stereocenters. The Bertz CT molecular complexity index is 1150. The fourth-order valence-corrected chi connectivity index (χ4v) is 6.54. The van der Waals surface area contributed by atoms with Crippen LogP contribution in [0.15, 0.2) is 72.8 Å². The first-order chi connectivity index (χ1) is 17.5. The Morgan fingerprint density at radius 2 is 1.58 bits per heavy atom. The fourth-order valence-electron chi connectivity index (χ4n) is 6.54. The number of likely N-dealkylation sites (N-methyl/N-ethyl adjacent to an activating group) is 2. The van der Waals surface area contributed by atoms with E-state index < -0.39 is 6.10 Å². The van der Waals surface area contributed by atoms with Crippen LogP contribution in [0, 0.1) is 11.7 Å². The minimum Gasteiger partial charge on any atom is -0.387 e. The predicted molar refractivity (Wildman–Crippen MR) is 145 cm³/mol. The van der Waals surface area contributed by atoms with E-state index >= 15 is 0 Å². The van der Waals surface area contributed by atoms with E-state index in [-0.39, 0.29) is 5.82 Å². The van der Waals surface area contributed by atoms with Gasteiger partial charge in [-0.05, 0) is 90.6 Å². The Labute approximate surface area is 215 Å². The van der Waals surface area contributed by atoms with Gasteiger partial charge in [0.25, 0.3) is 0 Å². The van der Waals surface area contributed by atoms with Crippen molar-refractivity contribution in [3.8, 4) is 0 Å². The molecular formula is C32H39FN2O. The molecule has 0 heterocycles. The van der Waals surface area contributed by atoms with Gasteiger partial charge in [0, 0.05) is 26.2 Å². The van der Waals surface area contributed by atoms with Crippen LogP contribution in [0.25, 0.3) is 0 Å². The largest absolute Gasteiger partial charge is 0.387 e. The minimum atomic E-state index is -0.464. The van der Waals surface area contributed by atoms with Crippen molar-refractivity contribution in [2.24, 2.45) is 5.92 Å². The lowest BCUT2D eigenvalue weighted by molar-refractivity contribution is 0.117. The van der Waals surface area contributed by atoms with Crippen molar-refractivity contribution in [3.05, 3.63) is 106 Å². The van der Waals surface area contributed by atoms with Gasteiger partial charge in [-0.15, -0.1) is 0 Å². The van der Waals surface area contributed by atoms with Gasteiger partial charge in [-0.2, -0.15) is 0 Å². The summed E-state index contributed by atoms with van der Waals surface area (Å²) in [5.74, 6) is 1.35. The molecule has 0 bridgehead atoms. The van der Waals surface area contributed by atoms with E-state index in [0.29, 0.717) is 24.3 Å². The molecule has 36 heavy (non-hydrogen) atoms. The van der Waals surface area contributed by atoms with Gasteiger partial charge < -0.3 is 14.9 Å². The molecule has 2 aliphatic rings. The predicted octanol–water partition coefficient (Wildman–Crippen LogP) is 5.99. The smallest absolute Gasteiger partial charge is 0.123 e. The molecule has 0 amide bonds. The maximum absolute atomic E-state index is 14.3. The van der Waals surface area contributed by atoms with E-state index in [1.165, 1.54) is 22.3 Å². The second-order valence-electron chi connectivity index (χ2n) is 10.9. The average molecular weight is 487 g/mol. The molecular weight excluding hydrogens is 447 g/mol. The lowest BCUT2D eigenvalue weighted by Crippen LogP contribution is -2.37. The van der Waals surface area contributed by atoms with Crippen LogP contribution in [-0.2, 0) is 6.42 Å². The Hall–Kier alpha value is -2.53. The summed E-state index contributed by atoms with van der Waals surface area (Å²) in [6, 6.07) is 24.2. The number of hydrogen-bond acceptors (Lipinski definition) is 3. The molecule has 4 heteroatoms. The average Bonchev–Trinajstić information content (AvgIpc) is 3.26. The van der Waals surface area contributed by atoms with E-state index in [1.807, 2.05) is 42.5 Å². The molecule has 4 unspecified atom stereocenters. The summed E-state index contributed by atoms with van der Waals surface area (Å²) in [6.45, 7) is 6.88. The van der Waals surface area contributed by atoms with E-state index in [1.54, 1.807) is 6.07 Å². The Morgan fingerprint density at radius 3 is 2.36 bits per heavy atom. The SMILES string of the molecule is CCN(CCN(C)CC(O)c1ccccc1)CC1CC2c3ccccc3Cc3ccc(F)cc3C2C1. The molecule has 0 aliphatic heterocycles. The summed E-state index contributed by atoms with van der Waals surface area (Å²) in [7, 11) is 2.09. The van der Waals surface area contributed by atoms with Crippen molar-refractivity contribution in [1.29, 1.82) is 0 Å². The van der Waals surface area contributed by atoms with Gasteiger partial charge in [0.2, 0.25) is 0 Å². The molecule has 1 saturated carbocycles. The zero-order valence-electron chi connectivity index (χ0n) is 21.6. The quantitative estimate of drug-likeness (QED) is 0.402. The maximum atomic E-state index is 14.3. The highest BCUT2D eigenvalue weighted by atomic mass is 19.1. The minimum absolute atomic E-state index is 0.113. The summed E-state index contributed by atoms with van der Waals surface area (Å²) in [4.78, 5) is 4.79. The lowest BCUT2D eigenvalue weighted by Gasteiger charge is -2.28. The van der Waals surface area contributed by atoms with Gasteiger partial charge in [0.15, 0.2) is 0 Å². The third-order valence-electron chi connectivity index (χ3n) is 8.43. The van der Waals surface area contributed by atoms with Gasteiger partial charge in [0.1, 0.15) is 5.82 Å². The first kappa shape index (κ1) is 25.1. The van der Waals surface area contributed by atoms with Crippen LogP contribution in [0.1, 0.15) is 65.5 Å². The van der Waals surface area contributed by atoms with Crippen molar-refractivity contribution >= 4 is 0 Å². The first-order valence-electron chi connectivity index (χ1n) is 13.5. The molecule has 3 nitrogen and oxygen atoms in total. The van der Waals surface area contributed by atoms with Gasteiger partial charge in [-0.1, -0.05) is 67.6 Å². The normalized spacial score (nSPS) is 21.7.